The number of nitrogens with zero attached hydrogens (tertiary/aromatic N) is 2. The fourth-order valence-corrected chi connectivity index (χ4v) is 6.73. The second kappa shape index (κ2) is 6.67. The van der Waals surface area contributed by atoms with Crippen LogP contribution in [0.25, 0.3) is 0 Å². The Labute approximate surface area is 157 Å². The van der Waals surface area contributed by atoms with Crippen LogP contribution in [0, 0.1) is 36.5 Å². The molecule has 0 aromatic heterocycles. The van der Waals surface area contributed by atoms with Gasteiger partial charge in [-0.25, -0.2) is 0 Å². The Morgan fingerprint density at radius 1 is 0.962 bits per heavy atom. The molecule has 4 bridgehead atoms. The zero-order valence-corrected chi connectivity index (χ0v) is 16.1. The molecule has 4 saturated carbocycles. The average Bonchev–Trinajstić information content (AvgIpc) is 2.61. The summed E-state index contributed by atoms with van der Waals surface area (Å²) in [5, 5.41) is 0. The maximum atomic E-state index is 13.3. The number of piperazine rings is 1. The van der Waals surface area contributed by atoms with E-state index in [-0.39, 0.29) is 0 Å². The summed E-state index contributed by atoms with van der Waals surface area (Å²) >= 11 is 0. The second-order valence-corrected chi connectivity index (χ2v) is 9.55. The van der Waals surface area contributed by atoms with Crippen molar-refractivity contribution in [2.75, 3.05) is 26.2 Å². The molecule has 1 amide bonds. The highest BCUT2D eigenvalue weighted by molar-refractivity contribution is 5.80. The predicted molar refractivity (Wildman–Crippen MR) is 104 cm³/mol. The molecular weight excluding hydrogens is 320 g/mol. The van der Waals surface area contributed by atoms with Crippen LogP contribution in [0.4, 0.5) is 0 Å². The maximum absolute atomic E-state index is 13.3. The molecule has 0 radical (unpaired) electrons. The molecule has 1 saturated heterocycles. The molecule has 0 N–H and O–H groups in total. The lowest BCUT2D eigenvalue weighted by Gasteiger charge is -2.54. The Balaban J connectivity index is 1.18. The van der Waals surface area contributed by atoms with E-state index in [9.17, 15) is 4.79 Å². The van der Waals surface area contributed by atoms with Gasteiger partial charge in [0.25, 0.3) is 0 Å². The van der Waals surface area contributed by atoms with Gasteiger partial charge in [0.05, 0.1) is 0 Å². The van der Waals surface area contributed by atoms with Crippen LogP contribution in [-0.2, 0) is 11.3 Å². The Morgan fingerprint density at radius 2 is 1.62 bits per heavy atom. The third kappa shape index (κ3) is 3.09. The molecule has 1 aliphatic heterocycles. The van der Waals surface area contributed by atoms with Crippen LogP contribution >= 0.6 is 0 Å². The number of carbonyl (C=O) groups excluding carboxylic acids is 1. The van der Waals surface area contributed by atoms with Crippen LogP contribution in [0.1, 0.15) is 43.2 Å². The second-order valence-electron chi connectivity index (χ2n) is 9.55. The Kier molecular flexibility index (Phi) is 4.31. The van der Waals surface area contributed by atoms with Crippen LogP contribution in [0.2, 0.25) is 0 Å². The number of hydrogen-bond acceptors (Lipinski definition) is 2. The van der Waals surface area contributed by atoms with E-state index in [2.05, 4.69) is 41.0 Å². The van der Waals surface area contributed by atoms with Gasteiger partial charge in [0.2, 0.25) is 5.91 Å². The lowest BCUT2D eigenvalue weighted by Crippen LogP contribution is -2.55. The highest BCUT2D eigenvalue weighted by Crippen LogP contribution is 2.56. The van der Waals surface area contributed by atoms with Crippen molar-refractivity contribution in [1.29, 1.82) is 0 Å². The fourth-order valence-electron chi connectivity index (χ4n) is 6.73. The molecule has 3 nitrogen and oxygen atoms in total. The number of carbonyl (C=O) groups is 1. The van der Waals surface area contributed by atoms with E-state index in [1.54, 1.807) is 0 Å². The average molecular weight is 353 g/mol. The van der Waals surface area contributed by atoms with E-state index >= 15 is 0 Å². The molecule has 0 spiro atoms. The lowest BCUT2D eigenvalue weighted by atomic mass is 9.51. The molecule has 1 aromatic rings. The van der Waals surface area contributed by atoms with E-state index < -0.39 is 0 Å². The summed E-state index contributed by atoms with van der Waals surface area (Å²) in [4.78, 5) is 18.0. The summed E-state index contributed by atoms with van der Waals surface area (Å²) in [5.74, 6) is 4.20. The molecule has 3 heteroatoms. The van der Waals surface area contributed by atoms with Gasteiger partial charge < -0.3 is 4.90 Å². The largest absolute Gasteiger partial charge is 0.340 e. The number of aryl methyl sites for hydroxylation is 1. The van der Waals surface area contributed by atoms with Crippen LogP contribution < -0.4 is 0 Å². The van der Waals surface area contributed by atoms with Crippen molar-refractivity contribution >= 4 is 5.91 Å². The van der Waals surface area contributed by atoms with Crippen molar-refractivity contribution in [3.63, 3.8) is 0 Å². The van der Waals surface area contributed by atoms with Gasteiger partial charge in [-0.05, 0) is 68.3 Å². The number of rotatable bonds is 3. The Morgan fingerprint density at radius 3 is 2.23 bits per heavy atom. The first-order chi connectivity index (χ1) is 12.7. The van der Waals surface area contributed by atoms with Gasteiger partial charge in [-0.1, -0.05) is 29.8 Å². The minimum atomic E-state index is 0.367. The van der Waals surface area contributed by atoms with Gasteiger partial charge >= 0.3 is 0 Å². The Bertz CT molecular complexity index is 649. The molecule has 0 atom stereocenters. The lowest BCUT2D eigenvalue weighted by molar-refractivity contribution is -0.150. The zero-order valence-electron chi connectivity index (χ0n) is 16.1. The van der Waals surface area contributed by atoms with E-state index in [0.29, 0.717) is 23.7 Å². The number of hydrogen-bond donors (Lipinski definition) is 0. The smallest absolute Gasteiger partial charge is 0.226 e. The highest BCUT2D eigenvalue weighted by Gasteiger charge is 2.51. The number of benzene rings is 1. The standard InChI is InChI=1S/C23H32N2O/c1-16-3-2-4-17(9-16)15-24-5-7-25(8-6-24)23(26)22-20-11-18-10-19(13-20)14-21(22)12-18/h2-4,9,18-22H,5-8,10-15H2,1H3. The van der Waals surface area contributed by atoms with Crippen molar-refractivity contribution in [3.05, 3.63) is 35.4 Å². The van der Waals surface area contributed by atoms with Crippen molar-refractivity contribution in [2.45, 2.75) is 45.6 Å². The molecule has 140 valence electrons. The predicted octanol–water partition coefficient (Wildman–Crippen LogP) is 3.71. The quantitative estimate of drug-likeness (QED) is 0.828. The fraction of sp³-hybridized carbons (Fsp3) is 0.696. The van der Waals surface area contributed by atoms with Crippen molar-refractivity contribution in [1.82, 2.24) is 9.80 Å². The van der Waals surface area contributed by atoms with Crippen molar-refractivity contribution in [2.24, 2.45) is 29.6 Å². The summed E-state index contributed by atoms with van der Waals surface area (Å²) in [5.41, 5.74) is 2.73. The monoisotopic (exact) mass is 352 g/mol. The van der Waals surface area contributed by atoms with Crippen molar-refractivity contribution in [3.8, 4) is 0 Å². The zero-order chi connectivity index (χ0) is 17.7. The third-order valence-electron chi connectivity index (χ3n) is 7.68. The van der Waals surface area contributed by atoms with Crippen LogP contribution in [0.5, 0.6) is 0 Å². The molecule has 1 heterocycles. The van der Waals surface area contributed by atoms with Gasteiger partial charge in [-0.15, -0.1) is 0 Å². The normalized spacial score (nSPS) is 36.5. The maximum Gasteiger partial charge on any atom is 0.226 e. The minimum absolute atomic E-state index is 0.367. The number of amides is 1. The molecule has 5 aliphatic rings. The van der Waals surface area contributed by atoms with Gasteiger partial charge in [-0.3, -0.25) is 9.69 Å². The topological polar surface area (TPSA) is 23.6 Å². The minimum Gasteiger partial charge on any atom is -0.340 e. The van der Waals surface area contributed by atoms with E-state index in [4.69, 9.17) is 0 Å². The van der Waals surface area contributed by atoms with Gasteiger partial charge in [-0.2, -0.15) is 0 Å². The van der Waals surface area contributed by atoms with Crippen molar-refractivity contribution < 1.29 is 4.79 Å². The molecule has 4 aliphatic carbocycles. The van der Waals surface area contributed by atoms with Crippen LogP contribution in [-0.4, -0.2) is 41.9 Å². The molecular formula is C23H32N2O. The summed E-state index contributed by atoms with van der Waals surface area (Å²) in [6.45, 7) is 7.06. The molecule has 1 aromatic carbocycles. The first kappa shape index (κ1) is 16.8. The first-order valence-electron chi connectivity index (χ1n) is 10.7. The van der Waals surface area contributed by atoms with E-state index in [1.807, 2.05) is 0 Å². The van der Waals surface area contributed by atoms with Gasteiger partial charge in [0, 0.05) is 38.6 Å². The van der Waals surface area contributed by atoms with E-state index in [1.165, 1.54) is 43.2 Å². The molecule has 0 unspecified atom stereocenters. The van der Waals surface area contributed by atoms with E-state index in [0.717, 1.165) is 44.6 Å². The highest BCUT2D eigenvalue weighted by atomic mass is 16.2. The molecule has 6 rings (SSSR count). The van der Waals surface area contributed by atoms with Gasteiger partial charge in [0.15, 0.2) is 0 Å². The summed E-state index contributed by atoms with van der Waals surface area (Å²) in [7, 11) is 0. The SMILES string of the molecule is Cc1cccc(CN2CCN(C(=O)C3C4CC5CC(C4)CC3C5)CC2)c1. The van der Waals surface area contributed by atoms with Crippen LogP contribution in [0.15, 0.2) is 24.3 Å². The Hall–Kier alpha value is -1.35. The third-order valence-corrected chi connectivity index (χ3v) is 7.68. The molecule has 26 heavy (non-hydrogen) atoms. The van der Waals surface area contributed by atoms with Gasteiger partial charge in [0.1, 0.15) is 0 Å². The summed E-state index contributed by atoms with van der Waals surface area (Å²) in [6, 6.07) is 8.81. The summed E-state index contributed by atoms with van der Waals surface area (Å²) in [6.07, 6.45) is 6.84. The first-order valence-corrected chi connectivity index (χ1v) is 10.7. The molecule has 5 fully saturated rings. The summed E-state index contributed by atoms with van der Waals surface area (Å²) < 4.78 is 0. The van der Waals surface area contributed by atoms with Crippen LogP contribution in [0.3, 0.4) is 0 Å².